The van der Waals surface area contributed by atoms with Gasteiger partial charge >= 0.3 is 0 Å². The lowest BCUT2D eigenvalue weighted by molar-refractivity contribution is -0.317. The molecule has 0 fully saturated rings. The first-order valence-corrected chi connectivity index (χ1v) is 4.60. The van der Waals surface area contributed by atoms with Crippen molar-refractivity contribution < 1.29 is 14.6 Å². The van der Waals surface area contributed by atoms with E-state index in [0.29, 0.717) is 13.0 Å². The predicted molar refractivity (Wildman–Crippen MR) is 50.3 cm³/mol. The van der Waals surface area contributed by atoms with E-state index < -0.39 is 12.1 Å². The molecular formula is C11H13O3-. The Kier molecular flexibility index (Phi) is 4.13. The fourth-order valence-corrected chi connectivity index (χ4v) is 1.12. The summed E-state index contributed by atoms with van der Waals surface area (Å²) in [5, 5.41) is 10.5. The van der Waals surface area contributed by atoms with Gasteiger partial charge in [-0.1, -0.05) is 37.3 Å². The van der Waals surface area contributed by atoms with Gasteiger partial charge in [-0.3, -0.25) is 0 Å². The van der Waals surface area contributed by atoms with Gasteiger partial charge in [0, 0.05) is 0 Å². The molecule has 0 saturated carbocycles. The number of aliphatic carboxylic acids is 1. The standard InChI is InChI=1S/C11H14O3/c1-2-10(11(12)13)14-8-9-6-4-3-5-7-9/h3-7,10H,2,8H2,1H3,(H,12,13)/p-1. The summed E-state index contributed by atoms with van der Waals surface area (Å²) in [5.74, 6) is -1.15. The van der Waals surface area contributed by atoms with E-state index in [1.807, 2.05) is 30.3 Å². The number of carboxylic acids is 1. The fraction of sp³-hybridized carbons (Fsp3) is 0.364. The highest BCUT2D eigenvalue weighted by atomic mass is 16.5. The van der Waals surface area contributed by atoms with Gasteiger partial charge in [-0.2, -0.15) is 0 Å². The van der Waals surface area contributed by atoms with Crippen LogP contribution in [0.15, 0.2) is 30.3 Å². The third-order valence-electron chi connectivity index (χ3n) is 1.93. The Balaban J connectivity index is 2.44. The van der Waals surface area contributed by atoms with Gasteiger partial charge in [0.1, 0.15) is 0 Å². The Hall–Kier alpha value is -1.35. The summed E-state index contributed by atoms with van der Waals surface area (Å²) < 4.78 is 5.18. The van der Waals surface area contributed by atoms with Crippen molar-refractivity contribution in [2.45, 2.75) is 26.1 Å². The molecule has 0 radical (unpaired) electrons. The number of ether oxygens (including phenoxy) is 1. The predicted octanol–water partition coefficient (Wildman–Crippen LogP) is 0.732. The van der Waals surface area contributed by atoms with Gasteiger partial charge in [-0.25, -0.2) is 0 Å². The molecule has 0 amide bonds. The average molecular weight is 193 g/mol. The topological polar surface area (TPSA) is 49.4 Å². The molecule has 1 aromatic rings. The minimum Gasteiger partial charge on any atom is -0.547 e. The average Bonchev–Trinajstić information content (AvgIpc) is 2.20. The summed E-state index contributed by atoms with van der Waals surface area (Å²) in [7, 11) is 0. The molecular weight excluding hydrogens is 180 g/mol. The van der Waals surface area contributed by atoms with Crippen LogP contribution < -0.4 is 5.11 Å². The van der Waals surface area contributed by atoms with Crippen molar-refractivity contribution in [1.82, 2.24) is 0 Å². The summed E-state index contributed by atoms with van der Waals surface area (Å²) in [6, 6.07) is 9.46. The molecule has 76 valence electrons. The maximum atomic E-state index is 10.5. The summed E-state index contributed by atoms with van der Waals surface area (Å²) in [4.78, 5) is 10.5. The van der Waals surface area contributed by atoms with Crippen LogP contribution in [0.5, 0.6) is 0 Å². The molecule has 3 nitrogen and oxygen atoms in total. The maximum absolute atomic E-state index is 10.5. The van der Waals surface area contributed by atoms with Crippen LogP contribution in [0.1, 0.15) is 18.9 Å². The number of benzene rings is 1. The molecule has 1 aromatic carbocycles. The number of carboxylic acid groups (broad SMARTS) is 1. The number of rotatable bonds is 5. The quantitative estimate of drug-likeness (QED) is 0.692. The molecule has 1 atom stereocenters. The highest BCUT2D eigenvalue weighted by Crippen LogP contribution is 2.04. The van der Waals surface area contributed by atoms with E-state index in [4.69, 9.17) is 4.74 Å². The number of carbonyl (C=O) groups is 1. The summed E-state index contributed by atoms with van der Waals surface area (Å²) in [6.45, 7) is 2.07. The molecule has 0 heterocycles. The normalized spacial score (nSPS) is 12.4. The van der Waals surface area contributed by atoms with Crippen LogP contribution in [0.4, 0.5) is 0 Å². The van der Waals surface area contributed by atoms with E-state index in [-0.39, 0.29) is 0 Å². The smallest absolute Gasteiger partial charge is 0.0970 e. The largest absolute Gasteiger partial charge is 0.547 e. The fourth-order valence-electron chi connectivity index (χ4n) is 1.12. The Labute approximate surface area is 83.3 Å². The second kappa shape index (κ2) is 5.40. The first kappa shape index (κ1) is 10.7. The zero-order valence-electron chi connectivity index (χ0n) is 8.10. The minimum atomic E-state index is -1.15. The molecule has 1 rings (SSSR count). The van der Waals surface area contributed by atoms with E-state index >= 15 is 0 Å². The number of hydrogen-bond acceptors (Lipinski definition) is 3. The molecule has 0 aromatic heterocycles. The van der Waals surface area contributed by atoms with Crippen molar-refractivity contribution >= 4 is 5.97 Å². The summed E-state index contributed by atoms with van der Waals surface area (Å²) >= 11 is 0. The van der Waals surface area contributed by atoms with Crippen LogP contribution in [0, 0.1) is 0 Å². The zero-order valence-corrected chi connectivity index (χ0v) is 8.10. The Morgan fingerprint density at radius 3 is 2.57 bits per heavy atom. The Bertz CT molecular complexity index is 282. The van der Waals surface area contributed by atoms with Crippen molar-refractivity contribution in [3.05, 3.63) is 35.9 Å². The van der Waals surface area contributed by atoms with Crippen LogP contribution >= 0.6 is 0 Å². The molecule has 0 N–H and O–H groups in total. The van der Waals surface area contributed by atoms with Gasteiger partial charge in [-0.05, 0) is 12.0 Å². The van der Waals surface area contributed by atoms with Gasteiger partial charge in [0.05, 0.1) is 18.7 Å². The van der Waals surface area contributed by atoms with E-state index in [1.165, 1.54) is 0 Å². The van der Waals surface area contributed by atoms with E-state index in [1.54, 1.807) is 6.92 Å². The molecule has 0 bridgehead atoms. The van der Waals surface area contributed by atoms with E-state index in [9.17, 15) is 9.90 Å². The first-order chi connectivity index (χ1) is 6.74. The maximum Gasteiger partial charge on any atom is 0.0970 e. The second-order valence-corrected chi connectivity index (χ2v) is 3.01. The molecule has 0 spiro atoms. The zero-order chi connectivity index (χ0) is 10.4. The molecule has 0 aliphatic rings. The van der Waals surface area contributed by atoms with Gasteiger partial charge in [0.15, 0.2) is 0 Å². The lowest BCUT2D eigenvalue weighted by atomic mass is 10.2. The molecule has 3 heteroatoms. The van der Waals surface area contributed by atoms with Crippen molar-refractivity contribution in [2.75, 3.05) is 0 Å². The third-order valence-corrected chi connectivity index (χ3v) is 1.93. The lowest BCUT2D eigenvalue weighted by Gasteiger charge is -2.16. The molecule has 1 unspecified atom stereocenters. The first-order valence-electron chi connectivity index (χ1n) is 4.60. The SMILES string of the molecule is CCC(OCc1ccccc1)C(=O)[O-]. The van der Waals surface area contributed by atoms with Gasteiger partial charge in [-0.15, -0.1) is 0 Å². The lowest BCUT2D eigenvalue weighted by Crippen LogP contribution is -2.36. The summed E-state index contributed by atoms with van der Waals surface area (Å²) in [5.41, 5.74) is 0.965. The van der Waals surface area contributed by atoms with Crippen LogP contribution in [-0.2, 0) is 16.1 Å². The number of hydrogen-bond donors (Lipinski definition) is 0. The highest BCUT2D eigenvalue weighted by Gasteiger charge is 2.06. The van der Waals surface area contributed by atoms with Crippen LogP contribution in [-0.4, -0.2) is 12.1 Å². The highest BCUT2D eigenvalue weighted by molar-refractivity contribution is 5.69. The molecule has 0 saturated heterocycles. The molecule has 0 aliphatic carbocycles. The minimum absolute atomic E-state index is 0.313. The van der Waals surface area contributed by atoms with Crippen molar-refractivity contribution in [3.63, 3.8) is 0 Å². The van der Waals surface area contributed by atoms with Gasteiger partial charge in [0.25, 0.3) is 0 Å². The molecule has 0 aliphatic heterocycles. The second-order valence-electron chi connectivity index (χ2n) is 3.01. The van der Waals surface area contributed by atoms with Crippen LogP contribution in [0.2, 0.25) is 0 Å². The van der Waals surface area contributed by atoms with Crippen LogP contribution in [0.3, 0.4) is 0 Å². The third kappa shape index (κ3) is 3.18. The molecule has 14 heavy (non-hydrogen) atoms. The Morgan fingerprint density at radius 1 is 1.43 bits per heavy atom. The van der Waals surface area contributed by atoms with Gasteiger partial charge < -0.3 is 14.6 Å². The van der Waals surface area contributed by atoms with Crippen molar-refractivity contribution in [2.24, 2.45) is 0 Å². The van der Waals surface area contributed by atoms with E-state index in [0.717, 1.165) is 5.56 Å². The van der Waals surface area contributed by atoms with E-state index in [2.05, 4.69) is 0 Å². The van der Waals surface area contributed by atoms with Gasteiger partial charge in [0.2, 0.25) is 0 Å². The van der Waals surface area contributed by atoms with Crippen LogP contribution in [0.25, 0.3) is 0 Å². The summed E-state index contributed by atoms with van der Waals surface area (Å²) in [6.07, 6.45) is -0.384. The number of carbonyl (C=O) groups excluding carboxylic acids is 1. The monoisotopic (exact) mass is 193 g/mol. The Morgan fingerprint density at radius 2 is 2.07 bits per heavy atom. The van der Waals surface area contributed by atoms with Crippen molar-refractivity contribution in [3.8, 4) is 0 Å². The van der Waals surface area contributed by atoms with Crippen molar-refractivity contribution in [1.29, 1.82) is 0 Å².